The zero-order chi connectivity index (χ0) is 13.9. The lowest BCUT2D eigenvalue weighted by atomic mass is 10.1. The summed E-state index contributed by atoms with van der Waals surface area (Å²) in [6, 6.07) is 6.30. The SMILES string of the molecule is CSC1CCCCN(c2ncnc3cccc(C)c23)C1. The summed E-state index contributed by atoms with van der Waals surface area (Å²) < 4.78 is 0. The highest BCUT2D eigenvalue weighted by atomic mass is 32.2. The van der Waals surface area contributed by atoms with Crippen LogP contribution in [0.25, 0.3) is 10.9 Å². The maximum Gasteiger partial charge on any atom is 0.140 e. The molecule has 1 saturated heterocycles. The van der Waals surface area contributed by atoms with E-state index in [1.165, 1.54) is 30.2 Å². The molecule has 3 nitrogen and oxygen atoms in total. The molecule has 0 radical (unpaired) electrons. The number of fused-ring (bicyclic) bond motifs is 1. The van der Waals surface area contributed by atoms with E-state index in [1.54, 1.807) is 6.33 Å². The van der Waals surface area contributed by atoms with E-state index >= 15 is 0 Å². The third-order valence-corrected chi connectivity index (χ3v) is 5.16. The Labute approximate surface area is 124 Å². The molecule has 1 aliphatic heterocycles. The van der Waals surface area contributed by atoms with Crippen LogP contribution in [0.1, 0.15) is 24.8 Å². The average molecular weight is 287 g/mol. The van der Waals surface area contributed by atoms with Crippen molar-refractivity contribution < 1.29 is 0 Å². The molecule has 4 heteroatoms. The predicted octanol–water partition coefficient (Wildman–Crippen LogP) is 3.66. The lowest BCUT2D eigenvalue weighted by Crippen LogP contribution is -2.30. The van der Waals surface area contributed by atoms with Crippen LogP contribution in [-0.2, 0) is 0 Å². The van der Waals surface area contributed by atoms with Gasteiger partial charge >= 0.3 is 0 Å². The van der Waals surface area contributed by atoms with Crippen molar-refractivity contribution in [1.82, 2.24) is 9.97 Å². The number of nitrogens with zero attached hydrogens (tertiary/aromatic N) is 3. The number of hydrogen-bond acceptors (Lipinski definition) is 4. The van der Waals surface area contributed by atoms with Crippen LogP contribution in [0.4, 0.5) is 5.82 Å². The maximum atomic E-state index is 4.61. The van der Waals surface area contributed by atoms with Crippen LogP contribution in [0.2, 0.25) is 0 Å². The van der Waals surface area contributed by atoms with E-state index in [2.05, 4.69) is 46.2 Å². The predicted molar refractivity (Wildman–Crippen MR) is 87.6 cm³/mol. The van der Waals surface area contributed by atoms with Gasteiger partial charge in [0.2, 0.25) is 0 Å². The molecule has 0 bridgehead atoms. The van der Waals surface area contributed by atoms with Crippen LogP contribution in [0, 0.1) is 6.92 Å². The van der Waals surface area contributed by atoms with Gasteiger partial charge in [0.1, 0.15) is 12.1 Å². The molecule has 0 N–H and O–H groups in total. The second-order valence-electron chi connectivity index (χ2n) is 5.47. The normalized spacial score (nSPS) is 20.1. The minimum atomic E-state index is 0.714. The Morgan fingerprint density at radius 1 is 1.25 bits per heavy atom. The van der Waals surface area contributed by atoms with Crippen molar-refractivity contribution in [2.45, 2.75) is 31.4 Å². The summed E-state index contributed by atoms with van der Waals surface area (Å²) >= 11 is 1.98. The number of hydrogen-bond donors (Lipinski definition) is 0. The molecule has 1 aliphatic rings. The fraction of sp³-hybridized carbons (Fsp3) is 0.500. The van der Waals surface area contributed by atoms with Gasteiger partial charge in [-0.25, -0.2) is 9.97 Å². The van der Waals surface area contributed by atoms with E-state index in [0.717, 1.165) is 24.4 Å². The molecule has 0 aliphatic carbocycles. The van der Waals surface area contributed by atoms with Crippen molar-refractivity contribution in [3.05, 3.63) is 30.1 Å². The fourth-order valence-corrected chi connectivity index (χ4v) is 3.72. The smallest absolute Gasteiger partial charge is 0.140 e. The molecule has 0 spiro atoms. The first-order valence-electron chi connectivity index (χ1n) is 7.27. The summed E-state index contributed by atoms with van der Waals surface area (Å²) in [6.45, 7) is 4.36. The summed E-state index contributed by atoms with van der Waals surface area (Å²) in [5.41, 5.74) is 2.32. The first-order valence-corrected chi connectivity index (χ1v) is 8.56. The molecule has 2 heterocycles. The van der Waals surface area contributed by atoms with Gasteiger partial charge in [0.05, 0.1) is 5.52 Å². The number of thioether (sulfide) groups is 1. The van der Waals surface area contributed by atoms with Gasteiger partial charge < -0.3 is 4.90 Å². The van der Waals surface area contributed by atoms with E-state index < -0.39 is 0 Å². The highest BCUT2D eigenvalue weighted by molar-refractivity contribution is 7.99. The number of benzene rings is 1. The first-order chi connectivity index (χ1) is 9.79. The van der Waals surface area contributed by atoms with Gasteiger partial charge in [-0.15, -0.1) is 0 Å². The summed E-state index contributed by atoms with van der Waals surface area (Å²) in [5.74, 6) is 1.12. The van der Waals surface area contributed by atoms with Crippen molar-refractivity contribution >= 4 is 28.5 Å². The van der Waals surface area contributed by atoms with Crippen molar-refractivity contribution in [2.24, 2.45) is 0 Å². The van der Waals surface area contributed by atoms with Gasteiger partial charge in [-0.05, 0) is 37.7 Å². The minimum Gasteiger partial charge on any atom is -0.355 e. The number of aryl methyl sites for hydroxylation is 1. The molecule has 1 aromatic carbocycles. The van der Waals surface area contributed by atoms with Gasteiger partial charge in [-0.3, -0.25) is 0 Å². The molecular weight excluding hydrogens is 266 g/mol. The number of aromatic nitrogens is 2. The Bertz CT molecular complexity index is 594. The Morgan fingerprint density at radius 2 is 2.15 bits per heavy atom. The van der Waals surface area contributed by atoms with Gasteiger partial charge in [0.15, 0.2) is 0 Å². The van der Waals surface area contributed by atoms with Crippen molar-refractivity contribution in [3.8, 4) is 0 Å². The molecule has 20 heavy (non-hydrogen) atoms. The zero-order valence-corrected chi connectivity index (χ0v) is 13.0. The molecule has 1 aromatic heterocycles. The second-order valence-corrected chi connectivity index (χ2v) is 6.60. The molecule has 0 saturated carbocycles. The molecule has 2 aromatic rings. The van der Waals surface area contributed by atoms with Crippen LogP contribution in [-0.4, -0.2) is 34.6 Å². The van der Waals surface area contributed by atoms with Crippen LogP contribution >= 0.6 is 11.8 Å². The quantitative estimate of drug-likeness (QED) is 0.843. The lowest BCUT2D eigenvalue weighted by Gasteiger charge is -2.26. The van der Waals surface area contributed by atoms with Crippen LogP contribution in [0.3, 0.4) is 0 Å². The second kappa shape index (κ2) is 6.00. The van der Waals surface area contributed by atoms with Crippen molar-refractivity contribution in [1.29, 1.82) is 0 Å². The summed E-state index contributed by atoms with van der Waals surface area (Å²) in [6.07, 6.45) is 7.83. The van der Waals surface area contributed by atoms with Crippen LogP contribution in [0.15, 0.2) is 24.5 Å². The van der Waals surface area contributed by atoms with Gasteiger partial charge in [-0.1, -0.05) is 18.6 Å². The largest absolute Gasteiger partial charge is 0.355 e. The van der Waals surface area contributed by atoms with Crippen LogP contribution in [0.5, 0.6) is 0 Å². The molecule has 1 fully saturated rings. The Kier molecular flexibility index (Phi) is 4.10. The first kappa shape index (κ1) is 13.7. The number of anilines is 1. The van der Waals surface area contributed by atoms with E-state index in [0.29, 0.717) is 5.25 Å². The van der Waals surface area contributed by atoms with Crippen molar-refractivity contribution in [3.63, 3.8) is 0 Å². The maximum absolute atomic E-state index is 4.61. The van der Waals surface area contributed by atoms with Crippen LogP contribution < -0.4 is 4.90 Å². The summed E-state index contributed by atoms with van der Waals surface area (Å²) in [4.78, 5) is 11.5. The van der Waals surface area contributed by atoms with Gasteiger partial charge in [-0.2, -0.15) is 11.8 Å². The van der Waals surface area contributed by atoms with E-state index in [4.69, 9.17) is 0 Å². The number of rotatable bonds is 2. The third-order valence-electron chi connectivity index (χ3n) is 4.11. The molecule has 1 unspecified atom stereocenters. The van der Waals surface area contributed by atoms with Gasteiger partial charge in [0, 0.05) is 23.7 Å². The summed E-state index contributed by atoms with van der Waals surface area (Å²) in [5, 5.41) is 1.93. The highest BCUT2D eigenvalue weighted by Gasteiger charge is 2.20. The fourth-order valence-electron chi connectivity index (χ4n) is 2.99. The molecule has 3 rings (SSSR count). The Hall–Kier alpha value is -1.29. The van der Waals surface area contributed by atoms with E-state index in [9.17, 15) is 0 Å². The van der Waals surface area contributed by atoms with Gasteiger partial charge in [0.25, 0.3) is 0 Å². The molecule has 0 amide bonds. The minimum absolute atomic E-state index is 0.714. The molecular formula is C16H21N3S. The summed E-state index contributed by atoms with van der Waals surface area (Å²) in [7, 11) is 0. The van der Waals surface area contributed by atoms with E-state index in [-0.39, 0.29) is 0 Å². The Morgan fingerprint density at radius 3 is 3.00 bits per heavy atom. The highest BCUT2D eigenvalue weighted by Crippen LogP contribution is 2.29. The lowest BCUT2D eigenvalue weighted by molar-refractivity contribution is 0.736. The topological polar surface area (TPSA) is 29.0 Å². The van der Waals surface area contributed by atoms with Crippen molar-refractivity contribution in [2.75, 3.05) is 24.2 Å². The average Bonchev–Trinajstić information content (AvgIpc) is 2.72. The molecule has 1 atom stereocenters. The standard InChI is InChI=1S/C16H21N3S/c1-12-6-5-8-14-15(12)16(18-11-17-14)19-9-4-3-7-13(10-19)20-2/h5-6,8,11,13H,3-4,7,9-10H2,1-2H3. The zero-order valence-electron chi connectivity index (χ0n) is 12.2. The third kappa shape index (κ3) is 2.62. The Balaban J connectivity index is 2.04. The molecule has 106 valence electrons. The van der Waals surface area contributed by atoms with E-state index in [1.807, 2.05) is 11.8 Å². The monoisotopic (exact) mass is 287 g/mol.